The van der Waals surface area contributed by atoms with Crippen LogP contribution in [0.2, 0.25) is 0 Å². The van der Waals surface area contributed by atoms with E-state index in [-0.39, 0.29) is 11.9 Å². The van der Waals surface area contributed by atoms with Gasteiger partial charge in [-0.15, -0.1) is 0 Å². The lowest BCUT2D eigenvalue weighted by Crippen LogP contribution is -2.29. The SMILES string of the molecule is CCOC(=O)C1[C@H]2COC(C)(C)OC[C@@H]12. The van der Waals surface area contributed by atoms with Gasteiger partial charge in [-0.05, 0) is 20.8 Å². The number of hydrogen-bond donors (Lipinski definition) is 0. The van der Waals surface area contributed by atoms with Crippen molar-refractivity contribution in [1.29, 1.82) is 0 Å². The average Bonchev–Trinajstić information content (AvgIpc) is 2.86. The molecule has 2 aliphatic rings. The largest absolute Gasteiger partial charge is 0.466 e. The highest BCUT2D eigenvalue weighted by atomic mass is 16.7. The maximum Gasteiger partial charge on any atom is 0.309 e. The highest BCUT2D eigenvalue weighted by Crippen LogP contribution is 2.50. The predicted molar refractivity (Wildman–Crippen MR) is 53.1 cm³/mol. The lowest BCUT2D eigenvalue weighted by Gasteiger charge is -2.24. The molecule has 2 fully saturated rings. The summed E-state index contributed by atoms with van der Waals surface area (Å²) in [5.41, 5.74) is 0. The molecule has 0 radical (unpaired) electrons. The van der Waals surface area contributed by atoms with E-state index in [2.05, 4.69) is 0 Å². The molecule has 86 valence electrons. The number of esters is 1. The van der Waals surface area contributed by atoms with Crippen LogP contribution in [-0.4, -0.2) is 31.6 Å². The second-order valence-electron chi connectivity index (χ2n) is 4.63. The summed E-state index contributed by atoms with van der Waals surface area (Å²) in [7, 11) is 0. The molecule has 2 rings (SSSR count). The second kappa shape index (κ2) is 3.76. The summed E-state index contributed by atoms with van der Waals surface area (Å²) in [6.45, 7) is 7.27. The van der Waals surface area contributed by atoms with Gasteiger partial charge in [0.2, 0.25) is 0 Å². The first-order valence-electron chi connectivity index (χ1n) is 5.49. The van der Waals surface area contributed by atoms with Crippen molar-refractivity contribution in [2.24, 2.45) is 17.8 Å². The Morgan fingerprint density at radius 3 is 2.33 bits per heavy atom. The summed E-state index contributed by atoms with van der Waals surface area (Å²) < 4.78 is 16.1. The Morgan fingerprint density at radius 2 is 1.87 bits per heavy atom. The Hall–Kier alpha value is -0.610. The molecule has 1 saturated carbocycles. The molecular formula is C11H18O4. The zero-order valence-electron chi connectivity index (χ0n) is 9.49. The van der Waals surface area contributed by atoms with Crippen LogP contribution in [0, 0.1) is 17.8 Å². The van der Waals surface area contributed by atoms with E-state index < -0.39 is 5.79 Å². The van der Waals surface area contributed by atoms with Crippen molar-refractivity contribution in [2.45, 2.75) is 26.6 Å². The summed E-state index contributed by atoms with van der Waals surface area (Å²) in [5.74, 6) is -0.00999. The summed E-state index contributed by atoms with van der Waals surface area (Å²) in [4.78, 5) is 11.5. The summed E-state index contributed by atoms with van der Waals surface area (Å²) in [6, 6.07) is 0. The Morgan fingerprint density at radius 1 is 1.33 bits per heavy atom. The predicted octanol–water partition coefficient (Wildman–Crippen LogP) is 1.19. The third-order valence-electron chi connectivity index (χ3n) is 3.14. The van der Waals surface area contributed by atoms with Gasteiger partial charge in [0.05, 0.1) is 25.7 Å². The maximum absolute atomic E-state index is 11.5. The van der Waals surface area contributed by atoms with Crippen molar-refractivity contribution in [2.75, 3.05) is 19.8 Å². The minimum atomic E-state index is -0.507. The lowest BCUT2D eigenvalue weighted by atomic mass is 10.3. The monoisotopic (exact) mass is 214 g/mol. The normalized spacial score (nSPS) is 37.7. The third-order valence-corrected chi connectivity index (χ3v) is 3.14. The first-order chi connectivity index (χ1) is 7.05. The molecule has 0 spiro atoms. The van der Waals surface area contributed by atoms with Crippen LogP contribution in [0.5, 0.6) is 0 Å². The Balaban J connectivity index is 1.90. The molecule has 1 heterocycles. The molecule has 1 saturated heterocycles. The van der Waals surface area contributed by atoms with E-state index in [0.29, 0.717) is 31.7 Å². The van der Waals surface area contributed by atoms with Crippen LogP contribution in [0.1, 0.15) is 20.8 Å². The molecule has 1 aliphatic heterocycles. The van der Waals surface area contributed by atoms with Crippen LogP contribution in [0.25, 0.3) is 0 Å². The molecule has 0 N–H and O–H groups in total. The van der Waals surface area contributed by atoms with Crippen molar-refractivity contribution in [3.05, 3.63) is 0 Å². The molecule has 0 aromatic carbocycles. The molecule has 4 nitrogen and oxygen atoms in total. The fourth-order valence-corrected chi connectivity index (χ4v) is 2.12. The topological polar surface area (TPSA) is 44.8 Å². The second-order valence-corrected chi connectivity index (χ2v) is 4.63. The lowest BCUT2D eigenvalue weighted by molar-refractivity contribution is -0.208. The van der Waals surface area contributed by atoms with Gasteiger partial charge < -0.3 is 14.2 Å². The number of ether oxygens (including phenoxy) is 3. The minimum absolute atomic E-state index is 0.000972. The third kappa shape index (κ3) is 2.16. The Kier molecular flexibility index (Phi) is 2.73. The van der Waals surface area contributed by atoms with Gasteiger partial charge in [0, 0.05) is 11.8 Å². The van der Waals surface area contributed by atoms with Crippen LogP contribution in [0.4, 0.5) is 0 Å². The van der Waals surface area contributed by atoms with E-state index in [0.717, 1.165) is 0 Å². The number of fused-ring (bicyclic) bond motifs is 1. The number of rotatable bonds is 2. The number of carbonyl (C=O) groups excluding carboxylic acids is 1. The summed E-state index contributed by atoms with van der Waals surface area (Å²) >= 11 is 0. The number of carbonyl (C=O) groups is 1. The van der Waals surface area contributed by atoms with Gasteiger partial charge in [0.15, 0.2) is 5.79 Å². The molecule has 0 amide bonds. The zero-order valence-corrected chi connectivity index (χ0v) is 9.49. The molecule has 1 unspecified atom stereocenters. The maximum atomic E-state index is 11.5. The van der Waals surface area contributed by atoms with Gasteiger partial charge >= 0.3 is 5.97 Å². The summed E-state index contributed by atoms with van der Waals surface area (Å²) in [5, 5.41) is 0. The molecule has 0 aromatic heterocycles. The average molecular weight is 214 g/mol. The fourth-order valence-electron chi connectivity index (χ4n) is 2.12. The van der Waals surface area contributed by atoms with Gasteiger partial charge in [-0.2, -0.15) is 0 Å². The first-order valence-corrected chi connectivity index (χ1v) is 5.49. The van der Waals surface area contributed by atoms with Gasteiger partial charge in [0.25, 0.3) is 0 Å². The van der Waals surface area contributed by atoms with Crippen LogP contribution in [0.15, 0.2) is 0 Å². The summed E-state index contributed by atoms with van der Waals surface area (Å²) in [6.07, 6.45) is 0. The van der Waals surface area contributed by atoms with Crippen LogP contribution in [0.3, 0.4) is 0 Å². The molecule has 0 aromatic rings. The van der Waals surface area contributed by atoms with Crippen molar-refractivity contribution in [3.8, 4) is 0 Å². The highest BCUT2D eigenvalue weighted by molar-refractivity contribution is 5.76. The smallest absolute Gasteiger partial charge is 0.309 e. The van der Waals surface area contributed by atoms with E-state index in [1.807, 2.05) is 20.8 Å². The van der Waals surface area contributed by atoms with Gasteiger partial charge in [-0.25, -0.2) is 0 Å². The van der Waals surface area contributed by atoms with E-state index in [1.165, 1.54) is 0 Å². The Labute approximate surface area is 89.9 Å². The van der Waals surface area contributed by atoms with Crippen LogP contribution >= 0.6 is 0 Å². The van der Waals surface area contributed by atoms with Crippen molar-refractivity contribution < 1.29 is 19.0 Å². The van der Waals surface area contributed by atoms with Gasteiger partial charge in [-0.1, -0.05) is 0 Å². The van der Waals surface area contributed by atoms with E-state index in [1.54, 1.807) is 0 Å². The molecular weight excluding hydrogens is 196 g/mol. The van der Waals surface area contributed by atoms with Crippen LogP contribution in [-0.2, 0) is 19.0 Å². The standard InChI is InChI=1S/C11H18O4/c1-4-13-10(12)9-7-5-14-11(2,3)15-6-8(7)9/h7-9H,4-6H2,1-3H3/t7-,8+,9?. The molecule has 1 aliphatic carbocycles. The molecule has 3 atom stereocenters. The quantitative estimate of drug-likeness (QED) is 0.648. The van der Waals surface area contributed by atoms with E-state index in [4.69, 9.17) is 14.2 Å². The highest BCUT2D eigenvalue weighted by Gasteiger charge is 2.57. The van der Waals surface area contributed by atoms with Crippen molar-refractivity contribution in [3.63, 3.8) is 0 Å². The Bertz CT molecular complexity index is 245. The first kappa shape index (κ1) is 10.9. The van der Waals surface area contributed by atoms with Crippen molar-refractivity contribution in [1.82, 2.24) is 0 Å². The van der Waals surface area contributed by atoms with E-state index >= 15 is 0 Å². The molecule has 0 bridgehead atoms. The molecule has 15 heavy (non-hydrogen) atoms. The van der Waals surface area contributed by atoms with Crippen molar-refractivity contribution >= 4 is 5.97 Å². The fraction of sp³-hybridized carbons (Fsp3) is 0.909. The number of hydrogen-bond acceptors (Lipinski definition) is 4. The van der Waals surface area contributed by atoms with Crippen LogP contribution < -0.4 is 0 Å². The van der Waals surface area contributed by atoms with Gasteiger partial charge in [0.1, 0.15) is 0 Å². The van der Waals surface area contributed by atoms with E-state index in [9.17, 15) is 4.79 Å². The van der Waals surface area contributed by atoms with Gasteiger partial charge in [-0.3, -0.25) is 4.79 Å². The zero-order chi connectivity index (χ0) is 11.1. The minimum Gasteiger partial charge on any atom is -0.466 e. The molecule has 4 heteroatoms.